The number of ether oxygens (including phenoxy) is 2. The van der Waals surface area contributed by atoms with Crippen molar-refractivity contribution in [1.82, 2.24) is 10.1 Å². The molecule has 0 bridgehead atoms. The average molecular weight is 436 g/mol. The maximum atomic E-state index is 14.6. The number of rotatable bonds is 11. The number of benzene rings is 1. The largest absolute Gasteiger partial charge is 0.389 e. The fraction of sp³-hybridized carbons (Fsp3) is 0.609. The van der Waals surface area contributed by atoms with Crippen molar-refractivity contribution in [3.8, 4) is 11.3 Å². The molecule has 1 aromatic carbocycles. The molecule has 1 fully saturated rings. The Labute approximate surface area is 183 Å². The molecule has 1 aromatic heterocycles. The minimum Gasteiger partial charge on any atom is -0.389 e. The molecule has 0 amide bonds. The Balaban J connectivity index is 1.94. The predicted molar refractivity (Wildman–Crippen MR) is 118 cm³/mol. The summed E-state index contributed by atoms with van der Waals surface area (Å²) in [5.41, 5.74) is 1.75. The maximum Gasteiger partial charge on any atom is 0.232 e. The number of halogens is 1. The molecule has 31 heavy (non-hydrogen) atoms. The van der Waals surface area contributed by atoms with E-state index in [0.717, 1.165) is 12.0 Å². The molecular formula is C23H34FN3O4. The van der Waals surface area contributed by atoms with Crippen LogP contribution in [0.4, 0.5) is 10.3 Å². The van der Waals surface area contributed by atoms with Gasteiger partial charge in [0.1, 0.15) is 11.5 Å². The molecule has 1 aliphatic rings. The molecule has 2 aromatic rings. The fourth-order valence-electron chi connectivity index (χ4n) is 3.76. The molecule has 1 saturated heterocycles. The first-order chi connectivity index (χ1) is 15.0. The summed E-state index contributed by atoms with van der Waals surface area (Å²) in [6.07, 6.45) is 0.298. The third-order valence-corrected chi connectivity index (χ3v) is 5.73. The number of aromatic nitrogens is 1. The van der Waals surface area contributed by atoms with Crippen molar-refractivity contribution in [2.45, 2.75) is 45.9 Å². The van der Waals surface area contributed by atoms with Gasteiger partial charge in [0.05, 0.1) is 31.5 Å². The topological polar surface area (TPSA) is 71.2 Å². The zero-order chi connectivity index (χ0) is 22.2. The Hall–Kier alpha value is -2.00. The Morgan fingerprint density at radius 1 is 1.26 bits per heavy atom. The number of hydrogen-bond acceptors (Lipinski definition) is 7. The van der Waals surface area contributed by atoms with Gasteiger partial charge in [-0.3, -0.25) is 4.90 Å². The van der Waals surface area contributed by atoms with Crippen molar-refractivity contribution in [2.24, 2.45) is 0 Å². The summed E-state index contributed by atoms with van der Waals surface area (Å²) < 4.78 is 31.3. The second-order valence-electron chi connectivity index (χ2n) is 7.89. The number of nitrogens with zero attached hydrogens (tertiary/aromatic N) is 3. The van der Waals surface area contributed by atoms with Gasteiger partial charge in [-0.2, -0.15) is 0 Å². The highest BCUT2D eigenvalue weighted by molar-refractivity contribution is 5.69. The van der Waals surface area contributed by atoms with Crippen LogP contribution in [-0.4, -0.2) is 73.4 Å². The summed E-state index contributed by atoms with van der Waals surface area (Å²) in [7, 11) is 0. The van der Waals surface area contributed by atoms with Crippen molar-refractivity contribution in [1.29, 1.82) is 0 Å². The van der Waals surface area contributed by atoms with Gasteiger partial charge in [0.2, 0.25) is 5.88 Å². The monoisotopic (exact) mass is 435 g/mol. The van der Waals surface area contributed by atoms with Crippen molar-refractivity contribution in [2.75, 3.05) is 51.0 Å². The van der Waals surface area contributed by atoms with Crippen LogP contribution in [0.2, 0.25) is 0 Å². The molecule has 1 N–H and O–H groups in total. The van der Waals surface area contributed by atoms with Gasteiger partial charge in [0, 0.05) is 44.4 Å². The van der Waals surface area contributed by atoms with E-state index in [4.69, 9.17) is 14.0 Å². The lowest BCUT2D eigenvalue weighted by atomic mass is 10.0. The van der Waals surface area contributed by atoms with E-state index in [1.165, 1.54) is 6.07 Å². The van der Waals surface area contributed by atoms with E-state index in [1.807, 2.05) is 6.92 Å². The van der Waals surface area contributed by atoms with Crippen LogP contribution in [0.15, 0.2) is 28.8 Å². The third kappa shape index (κ3) is 6.04. The molecule has 2 atom stereocenters. The first-order valence-electron chi connectivity index (χ1n) is 11.1. The van der Waals surface area contributed by atoms with Gasteiger partial charge >= 0.3 is 0 Å². The molecule has 2 unspecified atom stereocenters. The van der Waals surface area contributed by atoms with E-state index in [-0.39, 0.29) is 18.5 Å². The lowest BCUT2D eigenvalue weighted by Crippen LogP contribution is -2.41. The molecule has 0 radical (unpaired) electrons. The first kappa shape index (κ1) is 23.7. The van der Waals surface area contributed by atoms with Gasteiger partial charge in [-0.1, -0.05) is 24.2 Å². The zero-order valence-corrected chi connectivity index (χ0v) is 18.7. The Morgan fingerprint density at radius 3 is 2.68 bits per heavy atom. The number of anilines is 1. The molecule has 0 spiro atoms. The molecule has 1 aliphatic heterocycles. The normalized spacial score (nSPS) is 16.6. The van der Waals surface area contributed by atoms with E-state index in [0.29, 0.717) is 63.1 Å². The second-order valence-corrected chi connectivity index (χ2v) is 7.89. The van der Waals surface area contributed by atoms with E-state index in [9.17, 15) is 9.50 Å². The van der Waals surface area contributed by atoms with E-state index in [2.05, 4.69) is 28.8 Å². The molecule has 7 nitrogen and oxygen atoms in total. The van der Waals surface area contributed by atoms with Crippen LogP contribution >= 0.6 is 0 Å². The number of morpholine rings is 1. The van der Waals surface area contributed by atoms with Gasteiger partial charge in [0.15, 0.2) is 0 Å². The minimum absolute atomic E-state index is 0.206. The van der Waals surface area contributed by atoms with Crippen LogP contribution in [0, 0.1) is 5.82 Å². The molecule has 0 saturated carbocycles. The molecule has 0 aliphatic carbocycles. The van der Waals surface area contributed by atoms with Gasteiger partial charge in [-0.05, 0) is 32.4 Å². The summed E-state index contributed by atoms with van der Waals surface area (Å²) in [6.45, 7) is 10.5. The molecule has 2 heterocycles. The highest BCUT2D eigenvalue weighted by atomic mass is 19.1. The van der Waals surface area contributed by atoms with E-state index >= 15 is 0 Å². The smallest absolute Gasteiger partial charge is 0.232 e. The highest BCUT2D eigenvalue weighted by Gasteiger charge is 2.28. The van der Waals surface area contributed by atoms with Crippen LogP contribution in [0.1, 0.15) is 32.8 Å². The van der Waals surface area contributed by atoms with Crippen LogP contribution in [0.25, 0.3) is 11.3 Å². The second kappa shape index (κ2) is 11.6. The van der Waals surface area contributed by atoms with Crippen molar-refractivity contribution < 1.29 is 23.5 Å². The minimum atomic E-state index is -0.613. The van der Waals surface area contributed by atoms with E-state index < -0.39 is 6.10 Å². The van der Waals surface area contributed by atoms with Crippen molar-refractivity contribution in [3.63, 3.8) is 0 Å². The van der Waals surface area contributed by atoms with Gasteiger partial charge in [-0.15, -0.1) is 0 Å². The quantitative estimate of drug-likeness (QED) is 0.581. The van der Waals surface area contributed by atoms with Gasteiger partial charge in [0.25, 0.3) is 0 Å². The lowest BCUT2D eigenvalue weighted by molar-refractivity contribution is 0.0113. The SMILES string of the molecule is CCOCC(O)CN(Cc1c(-c2ccccc2F)noc1N1CCOCC1)C(C)CC. The Bertz CT molecular complexity index is 810. The Kier molecular flexibility index (Phi) is 8.83. The fourth-order valence-corrected chi connectivity index (χ4v) is 3.76. The van der Waals surface area contributed by atoms with Crippen LogP contribution in [-0.2, 0) is 16.0 Å². The summed E-state index contributed by atoms with van der Waals surface area (Å²) in [5.74, 6) is 0.311. The summed E-state index contributed by atoms with van der Waals surface area (Å²) >= 11 is 0. The van der Waals surface area contributed by atoms with Gasteiger partial charge < -0.3 is 24.0 Å². The van der Waals surface area contributed by atoms with E-state index in [1.54, 1.807) is 18.2 Å². The average Bonchev–Trinajstić information content (AvgIpc) is 3.20. The molecule has 8 heteroatoms. The number of aliphatic hydroxyl groups is 1. The van der Waals surface area contributed by atoms with Crippen molar-refractivity contribution in [3.05, 3.63) is 35.6 Å². The molecule has 3 rings (SSSR count). The van der Waals surface area contributed by atoms with Gasteiger partial charge in [-0.25, -0.2) is 4.39 Å². The molecular weight excluding hydrogens is 401 g/mol. The summed E-state index contributed by atoms with van der Waals surface area (Å²) in [6, 6.07) is 6.82. The zero-order valence-electron chi connectivity index (χ0n) is 18.7. The molecule has 172 valence electrons. The first-order valence-corrected chi connectivity index (χ1v) is 11.1. The maximum absolute atomic E-state index is 14.6. The Morgan fingerprint density at radius 2 is 2.00 bits per heavy atom. The van der Waals surface area contributed by atoms with Crippen LogP contribution in [0.5, 0.6) is 0 Å². The third-order valence-electron chi connectivity index (χ3n) is 5.73. The number of aliphatic hydroxyl groups excluding tert-OH is 1. The standard InChI is InChI=1S/C23H34FN3O4/c1-4-17(3)27(14-18(28)16-29-5-2)15-20-22(19-8-6-7-9-21(19)24)25-31-23(20)26-10-12-30-13-11-26/h6-9,17-18,28H,4-5,10-16H2,1-3H3. The summed E-state index contributed by atoms with van der Waals surface area (Å²) in [5, 5.41) is 14.8. The summed E-state index contributed by atoms with van der Waals surface area (Å²) in [4.78, 5) is 4.28. The lowest BCUT2D eigenvalue weighted by Gasteiger charge is -2.32. The van der Waals surface area contributed by atoms with Crippen molar-refractivity contribution >= 4 is 5.88 Å². The highest BCUT2D eigenvalue weighted by Crippen LogP contribution is 2.34. The number of hydrogen-bond donors (Lipinski definition) is 1. The van der Waals surface area contributed by atoms with Crippen LogP contribution < -0.4 is 4.90 Å². The van der Waals surface area contributed by atoms with Crippen LogP contribution in [0.3, 0.4) is 0 Å². The predicted octanol–water partition coefficient (Wildman–Crippen LogP) is 3.32.